The van der Waals surface area contributed by atoms with E-state index in [2.05, 4.69) is 24.4 Å². The maximum atomic E-state index is 11.5. The highest BCUT2D eigenvalue weighted by Crippen LogP contribution is 2.20. The molecular formula is C18H25NO2. The normalized spacial score (nSPS) is 17.5. The maximum Gasteiger partial charge on any atom is 0.333 e. The van der Waals surface area contributed by atoms with E-state index in [9.17, 15) is 4.79 Å². The molecule has 114 valence electrons. The van der Waals surface area contributed by atoms with E-state index in [1.54, 1.807) is 6.08 Å². The summed E-state index contributed by atoms with van der Waals surface area (Å²) in [4.78, 5) is 11.5. The smallest absolute Gasteiger partial charge is 0.333 e. The summed E-state index contributed by atoms with van der Waals surface area (Å²) in [6, 6.07) is 10.2. The molecule has 1 aliphatic heterocycles. The zero-order valence-electron chi connectivity index (χ0n) is 12.8. The summed E-state index contributed by atoms with van der Waals surface area (Å²) in [5.74, 6) is -0.218. The summed E-state index contributed by atoms with van der Waals surface area (Å²) in [6.45, 7) is 2.95. The molecule has 0 unspecified atom stereocenters. The molecular weight excluding hydrogens is 262 g/mol. The van der Waals surface area contributed by atoms with Crippen LogP contribution in [-0.4, -0.2) is 12.1 Å². The van der Waals surface area contributed by atoms with Crippen molar-refractivity contribution in [2.24, 2.45) is 0 Å². The van der Waals surface area contributed by atoms with E-state index in [-0.39, 0.29) is 12.1 Å². The van der Waals surface area contributed by atoms with Crippen molar-refractivity contribution in [2.75, 3.05) is 0 Å². The van der Waals surface area contributed by atoms with Gasteiger partial charge in [0.2, 0.25) is 0 Å². The van der Waals surface area contributed by atoms with Crippen LogP contribution in [-0.2, 0) is 16.1 Å². The first-order valence-electron chi connectivity index (χ1n) is 7.99. The monoisotopic (exact) mass is 287 g/mol. The molecule has 2 rings (SSSR count). The molecule has 1 heterocycles. The Balaban J connectivity index is 1.76. The minimum absolute atomic E-state index is 0.0807. The van der Waals surface area contributed by atoms with Crippen LogP contribution in [0.4, 0.5) is 0 Å². The van der Waals surface area contributed by atoms with Crippen LogP contribution in [0.2, 0.25) is 0 Å². The third kappa shape index (κ3) is 5.25. The van der Waals surface area contributed by atoms with Crippen LogP contribution in [0.1, 0.15) is 51.0 Å². The van der Waals surface area contributed by atoms with Crippen molar-refractivity contribution in [3.05, 3.63) is 47.7 Å². The number of benzene rings is 1. The van der Waals surface area contributed by atoms with Gasteiger partial charge in [-0.1, -0.05) is 62.9 Å². The van der Waals surface area contributed by atoms with Crippen molar-refractivity contribution in [1.29, 1.82) is 0 Å². The molecule has 3 heteroatoms. The Morgan fingerprint density at radius 1 is 1.10 bits per heavy atom. The van der Waals surface area contributed by atoms with E-state index in [4.69, 9.17) is 4.74 Å². The van der Waals surface area contributed by atoms with E-state index < -0.39 is 0 Å². The standard InChI is InChI=1S/C18H25NO2/c1-2-3-4-5-9-12-17-16(13-18(20)21-17)19-14-15-10-7-6-8-11-15/h6-8,10-11,13,17,19H,2-5,9,12,14H2,1H3/t17-/m1/s1. The summed E-state index contributed by atoms with van der Waals surface area (Å²) in [5.41, 5.74) is 2.14. The molecule has 0 fully saturated rings. The number of nitrogens with one attached hydrogen (secondary N) is 1. The van der Waals surface area contributed by atoms with E-state index in [1.165, 1.54) is 31.2 Å². The molecule has 0 aromatic heterocycles. The number of cyclic esters (lactones) is 1. The van der Waals surface area contributed by atoms with Crippen LogP contribution in [0.3, 0.4) is 0 Å². The van der Waals surface area contributed by atoms with Gasteiger partial charge in [0.15, 0.2) is 0 Å². The van der Waals surface area contributed by atoms with Gasteiger partial charge in [-0.15, -0.1) is 0 Å². The van der Waals surface area contributed by atoms with Crippen molar-refractivity contribution >= 4 is 5.97 Å². The van der Waals surface area contributed by atoms with Crippen LogP contribution in [0.25, 0.3) is 0 Å². The minimum atomic E-state index is -0.218. The number of carbonyl (C=O) groups is 1. The molecule has 1 aromatic rings. The lowest BCUT2D eigenvalue weighted by Crippen LogP contribution is -2.22. The lowest BCUT2D eigenvalue weighted by atomic mass is 10.1. The number of hydrogen-bond acceptors (Lipinski definition) is 3. The van der Waals surface area contributed by atoms with Crippen LogP contribution in [0.5, 0.6) is 0 Å². The van der Waals surface area contributed by atoms with Gasteiger partial charge in [0.25, 0.3) is 0 Å². The largest absolute Gasteiger partial charge is 0.453 e. The molecule has 0 bridgehead atoms. The van der Waals surface area contributed by atoms with Crippen LogP contribution in [0.15, 0.2) is 42.1 Å². The van der Waals surface area contributed by atoms with Gasteiger partial charge < -0.3 is 10.1 Å². The van der Waals surface area contributed by atoms with Gasteiger partial charge in [-0.25, -0.2) is 4.79 Å². The first-order valence-corrected chi connectivity index (χ1v) is 7.99. The Morgan fingerprint density at radius 3 is 2.62 bits per heavy atom. The van der Waals surface area contributed by atoms with Crippen molar-refractivity contribution in [2.45, 2.75) is 58.1 Å². The highest BCUT2D eigenvalue weighted by atomic mass is 16.5. The highest BCUT2D eigenvalue weighted by Gasteiger charge is 2.25. The van der Waals surface area contributed by atoms with Gasteiger partial charge in [-0.3, -0.25) is 0 Å². The molecule has 0 aliphatic carbocycles. The predicted octanol–water partition coefficient (Wildman–Crippen LogP) is 3.95. The SMILES string of the molecule is CCCCCCC[C@H]1OC(=O)C=C1NCc1ccccc1. The fourth-order valence-electron chi connectivity index (χ4n) is 2.57. The molecule has 1 N–H and O–H groups in total. The van der Waals surface area contributed by atoms with Crippen molar-refractivity contribution < 1.29 is 9.53 Å². The van der Waals surface area contributed by atoms with E-state index in [0.29, 0.717) is 0 Å². The summed E-state index contributed by atoms with van der Waals surface area (Å²) in [5, 5.41) is 3.35. The molecule has 1 atom stereocenters. The Bertz CT molecular complexity index is 467. The summed E-state index contributed by atoms with van der Waals surface area (Å²) in [6.07, 6.45) is 8.58. The number of rotatable bonds is 9. The second kappa shape index (κ2) is 8.50. The van der Waals surface area contributed by atoms with Crippen molar-refractivity contribution in [1.82, 2.24) is 5.32 Å². The fourth-order valence-corrected chi connectivity index (χ4v) is 2.57. The third-order valence-electron chi connectivity index (χ3n) is 3.79. The van der Waals surface area contributed by atoms with Gasteiger partial charge in [-0.05, 0) is 18.4 Å². The lowest BCUT2D eigenvalue weighted by Gasteiger charge is -2.16. The Labute approximate surface area is 127 Å². The van der Waals surface area contributed by atoms with Gasteiger partial charge in [0, 0.05) is 12.6 Å². The number of ether oxygens (including phenoxy) is 1. The molecule has 0 amide bonds. The minimum Gasteiger partial charge on any atom is -0.453 e. The first-order chi connectivity index (χ1) is 10.3. The van der Waals surface area contributed by atoms with E-state index in [1.807, 2.05) is 18.2 Å². The summed E-state index contributed by atoms with van der Waals surface area (Å²) < 4.78 is 5.37. The Hall–Kier alpha value is -1.77. The second-order valence-electron chi connectivity index (χ2n) is 5.57. The van der Waals surface area contributed by atoms with Crippen molar-refractivity contribution in [3.63, 3.8) is 0 Å². The number of esters is 1. The fraction of sp³-hybridized carbons (Fsp3) is 0.500. The van der Waals surface area contributed by atoms with Gasteiger partial charge in [0.1, 0.15) is 6.10 Å². The van der Waals surface area contributed by atoms with Gasteiger partial charge in [-0.2, -0.15) is 0 Å². The molecule has 3 nitrogen and oxygen atoms in total. The van der Waals surface area contributed by atoms with E-state index >= 15 is 0 Å². The predicted molar refractivity (Wildman–Crippen MR) is 84.6 cm³/mol. The maximum absolute atomic E-state index is 11.5. The summed E-state index contributed by atoms with van der Waals surface area (Å²) >= 11 is 0. The highest BCUT2D eigenvalue weighted by molar-refractivity contribution is 5.85. The van der Waals surface area contributed by atoms with Crippen LogP contribution in [0, 0.1) is 0 Å². The van der Waals surface area contributed by atoms with Gasteiger partial charge in [0.05, 0.1) is 5.70 Å². The van der Waals surface area contributed by atoms with Gasteiger partial charge >= 0.3 is 5.97 Å². The van der Waals surface area contributed by atoms with Crippen molar-refractivity contribution in [3.8, 4) is 0 Å². The average molecular weight is 287 g/mol. The number of unbranched alkanes of at least 4 members (excludes halogenated alkanes) is 4. The van der Waals surface area contributed by atoms with Crippen LogP contribution >= 0.6 is 0 Å². The molecule has 21 heavy (non-hydrogen) atoms. The summed E-state index contributed by atoms with van der Waals surface area (Å²) in [7, 11) is 0. The molecule has 1 aliphatic rings. The topological polar surface area (TPSA) is 38.3 Å². The first kappa shape index (κ1) is 15.6. The third-order valence-corrected chi connectivity index (χ3v) is 3.79. The van der Waals surface area contributed by atoms with E-state index in [0.717, 1.165) is 25.1 Å². The second-order valence-corrected chi connectivity index (χ2v) is 5.57. The average Bonchev–Trinajstić information content (AvgIpc) is 2.86. The van der Waals surface area contributed by atoms with Crippen LogP contribution < -0.4 is 5.32 Å². The molecule has 0 radical (unpaired) electrons. The molecule has 0 spiro atoms. The molecule has 1 aromatic carbocycles. The molecule has 0 saturated carbocycles. The number of carbonyl (C=O) groups excluding carboxylic acids is 1. The zero-order valence-corrected chi connectivity index (χ0v) is 12.8. The Morgan fingerprint density at radius 2 is 1.86 bits per heavy atom. The zero-order chi connectivity index (χ0) is 14.9. The Kier molecular flexibility index (Phi) is 6.32. The lowest BCUT2D eigenvalue weighted by molar-refractivity contribution is -0.139. The molecule has 0 saturated heterocycles. The number of hydrogen-bond donors (Lipinski definition) is 1. The quantitative estimate of drug-likeness (QED) is 0.552.